The molecule has 4 heterocycles. The molecule has 1 aliphatic heterocycles. The molecule has 7 nitrogen and oxygen atoms in total. The number of likely N-dealkylation sites (N-methyl/N-ethyl adjacent to an activating group) is 1. The normalized spacial score (nSPS) is 17.5. The van der Waals surface area contributed by atoms with Gasteiger partial charge in [0.15, 0.2) is 0 Å². The molecule has 0 fully saturated rings. The van der Waals surface area contributed by atoms with Crippen molar-refractivity contribution < 1.29 is 14.3 Å². The van der Waals surface area contributed by atoms with E-state index < -0.39 is 0 Å². The zero-order chi connectivity index (χ0) is 24.5. The van der Waals surface area contributed by atoms with Gasteiger partial charge in [0.25, 0.3) is 0 Å². The van der Waals surface area contributed by atoms with E-state index >= 15 is 0 Å². The van der Waals surface area contributed by atoms with Gasteiger partial charge in [-0.2, -0.15) is 0 Å². The summed E-state index contributed by atoms with van der Waals surface area (Å²) in [6.45, 7) is 6.73. The summed E-state index contributed by atoms with van der Waals surface area (Å²) in [6, 6.07) is 3.74. The standard InChI is InChI=1S/C26H32N4O3S2/c1-4-33-25(31)22-18-8-7-16(2)13-20(18)34-23(22)28-26(32)27-14-19-17-9-12-29(3)15-21(17)35-24(19)30-10-5-6-11-30/h5-6,10-11,16H,4,7-9,12-15H2,1-3H3,(H2,27,28,32). The number of anilines is 1. The average molecular weight is 513 g/mol. The summed E-state index contributed by atoms with van der Waals surface area (Å²) < 4.78 is 7.47. The Balaban J connectivity index is 1.36. The second-order valence-electron chi connectivity index (χ2n) is 9.45. The SMILES string of the molecule is CCOC(=O)c1c(NC(=O)NCc2c(-n3cccc3)sc3c2CCN(C)C3)sc2c1CCC(C)C2. The number of nitrogens with one attached hydrogen (secondary N) is 2. The molecule has 0 saturated carbocycles. The van der Waals surface area contributed by atoms with Crippen molar-refractivity contribution in [3.8, 4) is 5.00 Å². The minimum atomic E-state index is -0.347. The molecule has 1 unspecified atom stereocenters. The number of hydrogen-bond donors (Lipinski definition) is 2. The highest BCUT2D eigenvalue weighted by Crippen LogP contribution is 2.40. The topological polar surface area (TPSA) is 75.6 Å². The summed E-state index contributed by atoms with van der Waals surface area (Å²) in [5.41, 5.74) is 4.12. The molecule has 3 aromatic rings. The number of urea groups is 1. The first-order valence-electron chi connectivity index (χ1n) is 12.3. The second kappa shape index (κ2) is 10.2. The van der Waals surface area contributed by atoms with Crippen LogP contribution in [0, 0.1) is 5.92 Å². The number of nitrogens with zero attached hydrogens (tertiary/aromatic N) is 2. The second-order valence-corrected chi connectivity index (χ2v) is 11.6. The third-order valence-corrected chi connectivity index (χ3v) is 9.26. The van der Waals surface area contributed by atoms with Gasteiger partial charge in [0.2, 0.25) is 0 Å². The molecule has 2 N–H and O–H groups in total. The number of rotatable bonds is 6. The fourth-order valence-corrected chi connectivity index (χ4v) is 7.82. The van der Waals surface area contributed by atoms with Crippen LogP contribution in [-0.2, 0) is 37.1 Å². The van der Waals surface area contributed by atoms with Crippen molar-refractivity contribution in [3.05, 3.63) is 56.5 Å². The number of ether oxygens (including phenoxy) is 1. The molecule has 2 aliphatic rings. The molecule has 0 spiro atoms. The van der Waals surface area contributed by atoms with Crippen LogP contribution in [0.25, 0.3) is 5.00 Å². The fourth-order valence-electron chi connectivity index (χ4n) is 5.02. The Labute approximate surface area is 214 Å². The predicted molar refractivity (Wildman–Crippen MR) is 141 cm³/mol. The van der Waals surface area contributed by atoms with Gasteiger partial charge in [0.1, 0.15) is 10.0 Å². The fraction of sp³-hybridized carbons (Fsp3) is 0.462. The Morgan fingerprint density at radius 3 is 2.71 bits per heavy atom. The van der Waals surface area contributed by atoms with Gasteiger partial charge in [-0.15, -0.1) is 22.7 Å². The highest BCUT2D eigenvalue weighted by Gasteiger charge is 2.29. The summed E-state index contributed by atoms with van der Waals surface area (Å²) in [7, 11) is 2.14. The highest BCUT2D eigenvalue weighted by atomic mass is 32.1. The van der Waals surface area contributed by atoms with Crippen LogP contribution in [0.5, 0.6) is 0 Å². The Morgan fingerprint density at radius 1 is 1.14 bits per heavy atom. The van der Waals surface area contributed by atoms with Crippen molar-refractivity contribution in [1.29, 1.82) is 0 Å². The quantitative estimate of drug-likeness (QED) is 0.445. The monoisotopic (exact) mass is 512 g/mol. The number of amides is 2. The van der Waals surface area contributed by atoms with Crippen LogP contribution in [0.15, 0.2) is 24.5 Å². The number of thiophene rings is 2. The predicted octanol–water partition coefficient (Wildman–Crippen LogP) is 5.21. The van der Waals surface area contributed by atoms with E-state index in [1.807, 2.05) is 24.5 Å². The Hall–Kier alpha value is -2.62. The van der Waals surface area contributed by atoms with Crippen LogP contribution in [0.1, 0.15) is 57.1 Å². The van der Waals surface area contributed by atoms with Gasteiger partial charge < -0.3 is 19.5 Å². The molecule has 2 amide bonds. The highest BCUT2D eigenvalue weighted by molar-refractivity contribution is 7.17. The third-order valence-electron chi connectivity index (χ3n) is 6.82. The maximum absolute atomic E-state index is 13.1. The van der Waals surface area contributed by atoms with E-state index in [0.29, 0.717) is 29.6 Å². The summed E-state index contributed by atoms with van der Waals surface area (Å²) in [4.78, 5) is 30.7. The number of carbonyl (C=O) groups excluding carboxylic acids is 2. The number of carbonyl (C=O) groups is 2. The molecule has 1 atom stereocenters. The lowest BCUT2D eigenvalue weighted by Gasteiger charge is -2.22. The molecular formula is C26H32N4O3S2. The van der Waals surface area contributed by atoms with E-state index in [4.69, 9.17) is 4.74 Å². The smallest absolute Gasteiger partial charge is 0.341 e. The minimum absolute atomic E-state index is 0.298. The van der Waals surface area contributed by atoms with Gasteiger partial charge in [0, 0.05) is 47.3 Å². The first kappa shape index (κ1) is 24.1. The van der Waals surface area contributed by atoms with Crippen molar-refractivity contribution in [2.24, 2.45) is 5.92 Å². The van der Waals surface area contributed by atoms with Crippen molar-refractivity contribution in [3.63, 3.8) is 0 Å². The molecule has 1 aliphatic carbocycles. The van der Waals surface area contributed by atoms with E-state index in [2.05, 4.69) is 34.1 Å². The largest absolute Gasteiger partial charge is 0.462 e. The molecule has 9 heteroatoms. The lowest BCUT2D eigenvalue weighted by atomic mass is 9.88. The van der Waals surface area contributed by atoms with Crippen LogP contribution in [0.3, 0.4) is 0 Å². The van der Waals surface area contributed by atoms with Gasteiger partial charge in [-0.05, 0) is 68.8 Å². The first-order valence-corrected chi connectivity index (χ1v) is 13.9. The molecule has 0 saturated heterocycles. The molecule has 35 heavy (non-hydrogen) atoms. The molecule has 0 radical (unpaired) electrons. The van der Waals surface area contributed by atoms with E-state index in [9.17, 15) is 9.59 Å². The number of aromatic nitrogens is 1. The molecular weight excluding hydrogens is 480 g/mol. The lowest BCUT2D eigenvalue weighted by Crippen LogP contribution is -2.30. The summed E-state index contributed by atoms with van der Waals surface area (Å²) in [6.07, 6.45) is 7.90. The van der Waals surface area contributed by atoms with Crippen LogP contribution in [0.4, 0.5) is 9.80 Å². The molecule has 186 valence electrons. The molecule has 0 bridgehead atoms. The van der Waals surface area contributed by atoms with Crippen molar-refractivity contribution in [2.75, 3.05) is 25.5 Å². The lowest BCUT2D eigenvalue weighted by molar-refractivity contribution is 0.0526. The molecule has 5 rings (SSSR count). The Kier molecular flexibility index (Phi) is 7.00. The third kappa shape index (κ3) is 4.90. The summed E-state index contributed by atoms with van der Waals surface area (Å²) in [5, 5.41) is 7.80. The van der Waals surface area contributed by atoms with Crippen LogP contribution in [0.2, 0.25) is 0 Å². The summed E-state index contributed by atoms with van der Waals surface area (Å²) >= 11 is 3.32. The minimum Gasteiger partial charge on any atom is -0.462 e. The van der Waals surface area contributed by atoms with Crippen LogP contribution < -0.4 is 10.6 Å². The van der Waals surface area contributed by atoms with Crippen LogP contribution in [-0.4, -0.2) is 41.7 Å². The van der Waals surface area contributed by atoms with E-state index in [0.717, 1.165) is 49.3 Å². The number of fused-ring (bicyclic) bond motifs is 2. The van der Waals surface area contributed by atoms with Gasteiger partial charge >= 0.3 is 12.0 Å². The Morgan fingerprint density at radius 2 is 1.94 bits per heavy atom. The van der Waals surface area contributed by atoms with E-state index in [-0.39, 0.29) is 12.0 Å². The summed E-state index contributed by atoms with van der Waals surface area (Å²) in [5.74, 6) is 0.231. The van der Waals surface area contributed by atoms with Crippen molar-refractivity contribution in [2.45, 2.75) is 52.6 Å². The van der Waals surface area contributed by atoms with E-state index in [1.165, 1.54) is 32.2 Å². The maximum Gasteiger partial charge on any atom is 0.341 e. The van der Waals surface area contributed by atoms with Crippen LogP contribution >= 0.6 is 22.7 Å². The molecule has 3 aromatic heterocycles. The molecule has 0 aromatic carbocycles. The zero-order valence-corrected chi connectivity index (χ0v) is 22.1. The Bertz CT molecular complexity index is 1230. The maximum atomic E-state index is 13.1. The van der Waals surface area contributed by atoms with Gasteiger partial charge in [-0.25, -0.2) is 9.59 Å². The van der Waals surface area contributed by atoms with Crippen molar-refractivity contribution in [1.82, 2.24) is 14.8 Å². The first-order chi connectivity index (χ1) is 16.9. The van der Waals surface area contributed by atoms with Crippen molar-refractivity contribution >= 4 is 39.7 Å². The van der Waals surface area contributed by atoms with Gasteiger partial charge in [0.05, 0.1) is 12.2 Å². The van der Waals surface area contributed by atoms with Gasteiger partial charge in [-0.1, -0.05) is 6.92 Å². The van der Waals surface area contributed by atoms with Gasteiger partial charge in [-0.3, -0.25) is 5.32 Å². The average Bonchev–Trinajstić information content (AvgIpc) is 3.54. The number of esters is 1. The zero-order valence-electron chi connectivity index (χ0n) is 20.5. The van der Waals surface area contributed by atoms with E-state index in [1.54, 1.807) is 18.3 Å². The number of hydrogen-bond acceptors (Lipinski definition) is 6.